The van der Waals surface area contributed by atoms with E-state index in [9.17, 15) is 13.2 Å². The maximum Gasteiger partial charge on any atom is 0.222 e. The van der Waals surface area contributed by atoms with Crippen LogP contribution in [0.25, 0.3) is 11.1 Å². The molecule has 2 aromatic rings. The maximum atomic E-state index is 11.1. The SMILES string of the molecule is CC(=O)Nc1cc(-c2cnc(N)c([SH](=O)=O)c2)ccn1. The van der Waals surface area contributed by atoms with E-state index < -0.39 is 10.7 Å². The number of nitrogens with two attached hydrogens (primary N) is 1. The molecule has 1 amide bonds. The van der Waals surface area contributed by atoms with Crippen LogP contribution in [0.5, 0.6) is 0 Å². The van der Waals surface area contributed by atoms with E-state index in [1.54, 1.807) is 12.1 Å². The van der Waals surface area contributed by atoms with Gasteiger partial charge in [0.05, 0.1) is 0 Å². The molecule has 0 spiro atoms. The standard InChI is InChI=1S/C12H12N4O3S/c1-7(17)16-11-5-8(2-3-14-11)9-4-10(20(18)19)12(13)15-6-9/h2-6,20H,1H3,(H2,13,15)(H,14,16,17). The van der Waals surface area contributed by atoms with Gasteiger partial charge in [0, 0.05) is 24.9 Å². The van der Waals surface area contributed by atoms with Crippen LogP contribution in [0.15, 0.2) is 35.5 Å². The summed E-state index contributed by atoms with van der Waals surface area (Å²) in [5.41, 5.74) is 6.75. The Morgan fingerprint density at radius 2 is 2.00 bits per heavy atom. The molecule has 0 aliphatic carbocycles. The average molecular weight is 292 g/mol. The fourth-order valence-corrected chi connectivity index (χ4v) is 2.12. The van der Waals surface area contributed by atoms with E-state index in [0.717, 1.165) is 0 Å². The summed E-state index contributed by atoms with van der Waals surface area (Å²) in [5, 5.41) is 2.55. The molecule has 0 bridgehead atoms. The van der Waals surface area contributed by atoms with Gasteiger partial charge in [0.1, 0.15) is 16.5 Å². The number of amides is 1. The summed E-state index contributed by atoms with van der Waals surface area (Å²) >= 11 is 0. The van der Waals surface area contributed by atoms with Crippen LogP contribution in [0.1, 0.15) is 6.92 Å². The van der Waals surface area contributed by atoms with E-state index in [4.69, 9.17) is 5.73 Å². The summed E-state index contributed by atoms with van der Waals surface area (Å²) in [7, 11) is -2.82. The Balaban J connectivity index is 2.46. The zero-order valence-electron chi connectivity index (χ0n) is 10.5. The minimum atomic E-state index is -2.82. The molecular weight excluding hydrogens is 280 g/mol. The largest absolute Gasteiger partial charge is 0.383 e. The third-order valence-electron chi connectivity index (χ3n) is 2.49. The monoisotopic (exact) mass is 292 g/mol. The Morgan fingerprint density at radius 1 is 1.25 bits per heavy atom. The van der Waals surface area contributed by atoms with Gasteiger partial charge in [-0.05, 0) is 23.8 Å². The van der Waals surface area contributed by atoms with E-state index in [-0.39, 0.29) is 16.6 Å². The second kappa shape index (κ2) is 5.66. The molecule has 0 atom stereocenters. The molecule has 2 aromatic heterocycles. The van der Waals surface area contributed by atoms with Gasteiger partial charge in [-0.25, -0.2) is 18.4 Å². The Kier molecular flexibility index (Phi) is 3.94. The van der Waals surface area contributed by atoms with Crippen LogP contribution in [0, 0.1) is 0 Å². The molecule has 0 aliphatic heterocycles. The summed E-state index contributed by atoms with van der Waals surface area (Å²) in [6.07, 6.45) is 2.97. The topological polar surface area (TPSA) is 115 Å². The molecule has 0 saturated heterocycles. The lowest BCUT2D eigenvalue weighted by Gasteiger charge is -2.06. The number of carbonyl (C=O) groups is 1. The van der Waals surface area contributed by atoms with Crippen LogP contribution in [0.4, 0.5) is 11.6 Å². The molecule has 0 unspecified atom stereocenters. The average Bonchev–Trinajstić information content (AvgIpc) is 2.38. The molecular formula is C12H12N4O3S. The Hall–Kier alpha value is -2.48. The summed E-state index contributed by atoms with van der Waals surface area (Å²) in [4.78, 5) is 18.8. The van der Waals surface area contributed by atoms with E-state index in [2.05, 4.69) is 15.3 Å². The van der Waals surface area contributed by atoms with Gasteiger partial charge in [-0.3, -0.25) is 4.79 Å². The molecule has 2 heterocycles. The van der Waals surface area contributed by atoms with Crippen molar-refractivity contribution >= 4 is 28.2 Å². The summed E-state index contributed by atoms with van der Waals surface area (Å²) in [6, 6.07) is 4.73. The van der Waals surface area contributed by atoms with Crippen molar-refractivity contribution in [3.8, 4) is 11.1 Å². The summed E-state index contributed by atoms with van der Waals surface area (Å²) < 4.78 is 22.1. The molecule has 104 valence electrons. The summed E-state index contributed by atoms with van der Waals surface area (Å²) in [5.74, 6) is 0.0919. The van der Waals surface area contributed by atoms with Gasteiger partial charge < -0.3 is 11.1 Å². The number of thiol groups is 1. The van der Waals surface area contributed by atoms with Crippen molar-refractivity contribution in [2.24, 2.45) is 0 Å². The number of nitrogen functional groups attached to an aromatic ring is 1. The van der Waals surface area contributed by atoms with Crippen LogP contribution in [-0.4, -0.2) is 24.3 Å². The third kappa shape index (κ3) is 3.09. The number of pyridine rings is 2. The first-order valence-electron chi connectivity index (χ1n) is 5.61. The van der Waals surface area contributed by atoms with Crippen molar-refractivity contribution < 1.29 is 13.2 Å². The van der Waals surface area contributed by atoms with Crippen molar-refractivity contribution in [2.45, 2.75) is 11.8 Å². The number of aromatic nitrogens is 2. The molecule has 0 fully saturated rings. The number of carbonyl (C=O) groups excluding carboxylic acids is 1. The fourth-order valence-electron chi connectivity index (χ4n) is 1.63. The molecule has 0 aromatic carbocycles. The highest BCUT2D eigenvalue weighted by atomic mass is 32.2. The van der Waals surface area contributed by atoms with Crippen molar-refractivity contribution in [3.05, 3.63) is 30.6 Å². The zero-order valence-corrected chi connectivity index (χ0v) is 11.4. The van der Waals surface area contributed by atoms with Crippen LogP contribution >= 0.6 is 0 Å². The quantitative estimate of drug-likeness (QED) is 0.716. The van der Waals surface area contributed by atoms with Gasteiger partial charge in [0.15, 0.2) is 10.7 Å². The number of anilines is 2. The number of hydrogen-bond acceptors (Lipinski definition) is 6. The molecule has 2 rings (SSSR count). The number of nitrogens with zero attached hydrogens (tertiary/aromatic N) is 2. The first kappa shape index (κ1) is 13.9. The predicted molar refractivity (Wildman–Crippen MR) is 74.8 cm³/mol. The zero-order chi connectivity index (χ0) is 14.7. The highest BCUT2D eigenvalue weighted by Crippen LogP contribution is 2.24. The van der Waals surface area contributed by atoms with Gasteiger partial charge in [0.2, 0.25) is 5.91 Å². The van der Waals surface area contributed by atoms with Crippen LogP contribution in [-0.2, 0) is 15.5 Å². The molecule has 20 heavy (non-hydrogen) atoms. The van der Waals surface area contributed by atoms with Crippen molar-refractivity contribution in [2.75, 3.05) is 11.1 Å². The van der Waals surface area contributed by atoms with Gasteiger partial charge in [-0.1, -0.05) is 0 Å². The van der Waals surface area contributed by atoms with E-state index >= 15 is 0 Å². The van der Waals surface area contributed by atoms with Gasteiger partial charge >= 0.3 is 0 Å². The van der Waals surface area contributed by atoms with Crippen molar-refractivity contribution in [1.29, 1.82) is 0 Å². The fraction of sp³-hybridized carbons (Fsp3) is 0.0833. The molecule has 7 nitrogen and oxygen atoms in total. The normalized spacial score (nSPS) is 10.5. The predicted octanol–water partition coefficient (Wildman–Crippen LogP) is 0.654. The van der Waals surface area contributed by atoms with Gasteiger partial charge in [-0.2, -0.15) is 0 Å². The minimum Gasteiger partial charge on any atom is -0.383 e. The Morgan fingerprint density at radius 3 is 2.65 bits per heavy atom. The lowest BCUT2D eigenvalue weighted by molar-refractivity contribution is -0.114. The second-order valence-electron chi connectivity index (χ2n) is 4.00. The summed E-state index contributed by atoms with van der Waals surface area (Å²) in [6.45, 7) is 1.37. The van der Waals surface area contributed by atoms with Gasteiger partial charge in [0.25, 0.3) is 0 Å². The van der Waals surface area contributed by atoms with Crippen LogP contribution in [0.3, 0.4) is 0 Å². The number of rotatable bonds is 3. The smallest absolute Gasteiger partial charge is 0.222 e. The second-order valence-corrected chi connectivity index (χ2v) is 4.99. The lowest BCUT2D eigenvalue weighted by atomic mass is 10.1. The molecule has 3 N–H and O–H groups in total. The van der Waals surface area contributed by atoms with E-state index in [0.29, 0.717) is 16.9 Å². The van der Waals surface area contributed by atoms with Crippen LogP contribution < -0.4 is 11.1 Å². The van der Waals surface area contributed by atoms with Gasteiger partial charge in [-0.15, -0.1) is 0 Å². The molecule has 0 saturated carbocycles. The van der Waals surface area contributed by atoms with Crippen LogP contribution in [0.2, 0.25) is 0 Å². The lowest BCUT2D eigenvalue weighted by Crippen LogP contribution is -2.07. The Labute approximate surface area is 116 Å². The highest BCUT2D eigenvalue weighted by molar-refractivity contribution is 7.72. The van der Waals surface area contributed by atoms with E-state index in [1.807, 2.05) is 0 Å². The maximum absolute atomic E-state index is 11.1. The van der Waals surface area contributed by atoms with Crippen molar-refractivity contribution in [3.63, 3.8) is 0 Å². The Bertz CT molecular complexity index is 735. The van der Waals surface area contributed by atoms with E-state index in [1.165, 1.54) is 25.4 Å². The molecule has 8 heteroatoms. The molecule has 0 radical (unpaired) electrons. The minimum absolute atomic E-state index is 0.0320. The first-order valence-corrected chi connectivity index (χ1v) is 6.79. The first-order chi connectivity index (χ1) is 9.47. The molecule has 0 aliphatic rings. The highest BCUT2D eigenvalue weighted by Gasteiger charge is 2.08. The van der Waals surface area contributed by atoms with Crippen molar-refractivity contribution in [1.82, 2.24) is 9.97 Å². The number of nitrogens with one attached hydrogen (secondary N) is 1. The third-order valence-corrected chi connectivity index (χ3v) is 3.24. The number of hydrogen-bond donors (Lipinski definition) is 3.